The molecule has 6 heteroatoms. The number of rotatable bonds is 4. The molecule has 18 heavy (non-hydrogen) atoms. The van der Waals surface area contributed by atoms with E-state index in [1.165, 1.54) is 0 Å². The van der Waals surface area contributed by atoms with Crippen molar-refractivity contribution in [3.63, 3.8) is 0 Å². The van der Waals surface area contributed by atoms with Crippen LogP contribution in [0.1, 0.15) is 25.8 Å². The summed E-state index contributed by atoms with van der Waals surface area (Å²) in [5.41, 5.74) is -3.78. The lowest BCUT2D eigenvalue weighted by molar-refractivity contribution is -0.259. The molecule has 1 aromatic carbocycles. The third kappa shape index (κ3) is 2.93. The van der Waals surface area contributed by atoms with Gasteiger partial charge in [-0.1, -0.05) is 6.92 Å². The van der Waals surface area contributed by atoms with Gasteiger partial charge in [-0.25, -0.2) is 4.39 Å². The van der Waals surface area contributed by atoms with Crippen molar-refractivity contribution in [2.45, 2.75) is 32.0 Å². The SMILES string of the molecule is CCCOc1ccc(F)cc1C(C)(O)C(F)(F)F. The molecule has 1 unspecified atom stereocenters. The van der Waals surface area contributed by atoms with Crippen LogP contribution in [0, 0.1) is 5.82 Å². The third-order valence-electron chi connectivity index (χ3n) is 2.48. The lowest BCUT2D eigenvalue weighted by Crippen LogP contribution is -2.39. The molecular weight excluding hydrogens is 252 g/mol. The van der Waals surface area contributed by atoms with E-state index >= 15 is 0 Å². The highest BCUT2D eigenvalue weighted by Gasteiger charge is 2.52. The van der Waals surface area contributed by atoms with Crippen LogP contribution in [0.25, 0.3) is 0 Å². The Labute approximate surface area is 102 Å². The highest BCUT2D eigenvalue weighted by Crippen LogP contribution is 2.42. The first kappa shape index (κ1) is 14.8. The molecule has 0 heterocycles. The number of ether oxygens (including phenoxy) is 1. The van der Waals surface area contributed by atoms with E-state index in [1.54, 1.807) is 6.92 Å². The van der Waals surface area contributed by atoms with Crippen LogP contribution in [0.4, 0.5) is 17.6 Å². The Kier molecular flexibility index (Phi) is 4.21. The maximum Gasteiger partial charge on any atom is 0.421 e. The van der Waals surface area contributed by atoms with E-state index in [1.807, 2.05) is 0 Å². The standard InChI is InChI=1S/C12H14F4O2/c1-3-6-18-10-5-4-8(13)7-9(10)11(2,17)12(14,15)16/h4-5,7,17H,3,6H2,1-2H3. The molecule has 0 aliphatic carbocycles. The number of aliphatic hydroxyl groups is 1. The second kappa shape index (κ2) is 5.14. The summed E-state index contributed by atoms with van der Waals surface area (Å²) in [5, 5.41) is 9.56. The molecule has 1 N–H and O–H groups in total. The maximum absolute atomic E-state index is 13.1. The molecule has 0 bridgehead atoms. The highest BCUT2D eigenvalue weighted by molar-refractivity contribution is 5.39. The van der Waals surface area contributed by atoms with Crippen molar-refractivity contribution in [1.82, 2.24) is 0 Å². The highest BCUT2D eigenvalue weighted by atomic mass is 19.4. The van der Waals surface area contributed by atoms with Crippen LogP contribution in [-0.2, 0) is 5.60 Å². The summed E-state index contributed by atoms with van der Waals surface area (Å²) in [6.07, 6.45) is -4.32. The van der Waals surface area contributed by atoms with Gasteiger partial charge in [-0.15, -0.1) is 0 Å². The first-order valence-corrected chi connectivity index (χ1v) is 5.42. The average molecular weight is 266 g/mol. The Hall–Kier alpha value is -1.30. The van der Waals surface area contributed by atoms with E-state index in [0.29, 0.717) is 19.4 Å². The van der Waals surface area contributed by atoms with Crippen LogP contribution in [0.5, 0.6) is 5.75 Å². The van der Waals surface area contributed by atoms with E-state index < -0.39 is 23.2 Å². The summed E-state index contributed by atoms with van der Waals surface area (Å²) in [6, 6.07) is 2.71. The van der Waals surface area contributed by atoms with Crippen LogP contribution in [0.2, 0.25) is 0 Å². The summed E-state index contributed by atoms with van der Waals surface area (Å²) in [7, 11) is 0. The summed E-state index contributed by atoms with van der Waals surface area (Å²) >= 11 is 0. The maximum atomic E-state index is 13.1. The largest absolute Gasteiger partial charge is 0.493 e. The molecular formula is C12H14F4O2. The molecule has 1 aromatic rings. The van der Waals surface area contributed by atoms with Gasteiger partial charge < -0.3 is 9.84 Å². The Balaban J connectivity index is 3.24. The van der Waals surface area contributed by atoms with Crippen LogP contribution >= 0.6 is 0 Å². The zero-order valence-corrected chi connectivity index (χ0v) is 10.0. The molecule has 0 aliphatic rings. The molecule has 0 spiro atoms. The normalized spacial score (nSPS) is 15.3. The fraction of sp³-hybridized carbons (Fsp3) is 0.500. The zero-order valence-electron chi connectivity index (χ0n) is 10.0. The van der Waals surface area contributed by atoms with Crippen LogP contribution in [0.15, 0.2) is 18.2 Å². The molecule has 2 nitrogen and oxygen atoms in total. The molecule has 102 valence electrons. The topological polar surface area (TPSA) is 29.5 Å². The van der Waals surface area contributed by atoms with Gasteiger partial charge in [0, 0.05) is 5.56 Å². The number of hydrogen-bond acceptors (Lipinski definition) is 2. The van der Waals surface area contributed by atoms with Crippen LogP contribution in [0.3, 0.4) is 0 Å². The zero-order chi connectivity index (χ0) is 14.0. The first-order chi connectivity index (χ1) is 8.20. The van der Waals surface area contributed by atoms with Gasteiger partial charge >= 0.3 is 6.18 Å². The summed E-state index contributed by atoms with van der Waals surface area (Å²) in [6.45, 7) is 2.54. The monoisotopic (exact) mass is 266 g/mol. The van der Waals surface area contributed by atoms with Gasteiger partial charge in [0.15, 0.2) is 5.60 Å². The molecule has 0 fully saturated rings. The number of halogens is 4. The van der Waals surface area contributed by atoms with Gasteiger partial charge in [-0.3, -0.25) is 0 Å². The van der Waals surface area contributed by atoms with Crippen molar-refractivity contribution in [1.29, 1.82) is 0 Å². The smallest absolute Gasteiger partial charge is 0.421 e. The summed E-state index contributed by atoms with van der Waals surface area (Å²) in [4.78, 5) is 0. The Morgan fingerprint density at radius 2 is 1.89 bits per heavy atom. The molecule has 1 atom stereocenters. The van der Waals surface area contributed by atoms with Crippen molar-refractivity contribution < 1.29 is 27.4 Å². The third-order valence-corrected chi connectivity index (χ3v) is 2.48. The molecule has 1 rings (SSSR count). The number of benzene rings is 1. The van der Waals surface area contributed by atoms with E-state index in [-0.39, 0.29) is 12.4 Å². The van der Waals surface area contributed by atoms with Crippen LogP contribution < -0.4 is 4.74 Å². The fourth-order valence-corrected chi connectivity index (χ4v) is 1.37. The van der Waals surface area contributed by atoms with Gasteiger partial charge in [0.05, 0.1) is 6.61 Å². The first-order valence-electron chi connectivity index (χ1n) is 5.42. The molecule has 0 amide bonds. The van der Waals surface area contributed by atoms with Gasteiger partial charge in [0.2, 0.25) is 0 Å². The van der Waals surface area contributed by atoms with Gasteiger partial charge in [0.25, 0.3) is 0 Å². The second-order valence-electron chi connectivity index (χ2n) is 4.06. The quantitative estimate of drug-likeness (QED) is 0.846. The predicted octanol–water partition coefficient (Wildman–Crippen LogP) is 3.38. The van der Waals surface area contributed by atoms with Crippen molar-refractivity contribution in [3.8, 4) is 5.75 Å². The Bertz CT molecular complexity index is 413. The Morgan fingerprint density at radius 3 is 2.39 bits per heavy atom. The second-order valence-corrected chi connectivity index (χ2v) is 4.06. The fourth-order valence-electron chi connectivity index (χ4n) is 1.37. The summed E-state index contributed by atoms with van der Waals surface area (Å²) in [5.74, 6) is -1.03. The molecule has 0 aromatic heterocycles. The average Bonchev–Trinajstić information content (AvgIpc) is 2.25. The minimum atomic E-state index is -4.91. The van der Waals surface area contributed by atoms with E-state index in [4.69, 9.17) is 4.74 Å². The number of hydrogen-bond donors (Lipinski definition) is 1. The van der Waals surface area contributed by atoms with Gasteiger partial charge in [0.1, 0.15) is 11.6 Å². The van der Waals surface area contributed by atoms with Crippen molar-refractivity contribution in [2.24, 2.45) is 0 Å². The van der Waals surface area contributed by atoms with Crippen molar-refractivity contribution >= 4 is 0 Å². The van der Waals surface area contributed by atoms with E-state index in [9.17, 15) is 22.7 Å². The molecule has 0 aliphatic heterocycles. The molecule has 0 saturated carbocycles. The summed E-state index contributed by atoms with van der Waals surface area (Å²) < 4.78 is 56.3. The molecule has 0 radical (unpaired) electrons. The minimum Gasteiger partial charge on any atom is -0.493 e. The molecule has 0 saturated heterocycles. The minimum absolute atomic E-state index is 0.166. The van der Waals surface area contributed by atoms with Gasteiger partial charge in [-0.2, -0.15) is 13.2 Å². The Morgan fingerprint density at radius 1 is 1.28 bits per heavy atom. The van der Waals surface area contributed by atoms with E-state index in [0.717, 1.165) is 12.1 Å². The number of alkyl halides is 3. The van der Waals surface area contributed by atoms with Crippen LogP contribution in [-0.4, -0.2) is 17.9 Å². The lowest BCUT2D eigenvalue weighted by atomic mass is 9.94. The van der Waals surface area contributed by atoms with Crippen molar-refractivity contribution in [3.05, 3.63) is 29.6 Å². The predicted molar refractivity (Wildman–Crippen MR) is 57.8 cm³/mol. The van der Waals surface area contributed by atoms with Crippen molar-refractivity contribution in [2.75, 3.05) is 6.61 Å². The van der Waals surface area contributed by atoms with E-state index in [2.05, 4.69) is 0 Å². The van der Waals surface area contributed by atoms with Gasteiger partial charge in [-0.05, 0) is 31.5 Å². The lowest BCUT2D eigenvalue weighted by Gasteiger charge is -2.28.